The highest BCUT2D eigenvalue weighted by molar-refractivity contribution is 5.84. The zero-order valence-electron chi connectivity index (χ0n) is 11.1. The van der Waals surface area contributed by atoms with Crippen LogP contribution in [-0.2, 0) is 4.79 Å². The second-order valence-electron chi connectivity index (χ2n) is 6.32. The van der Waals surface area contributed by atoms with Crippen LogP contribution in [-0.4, -0.2) is 35.5 Å². The van der Waals surface area contributed by atoms with Crippen molar-refractivity contribution >= 4 is 5.91 Å². The van der Waals surface area contributed by atoms with Gasteiger partial charge < -0.3 is 10.2 Å². The summed E-state index contributed by atoms with van der Waals surface area (Å²) in [5.41, 5.74) is 0. The van der Waals surface area contributed by atoms with Crippen molar-refractivity contribution in [3.05, 3.63) is 0 Å². The number of carbonyl (C=O) groups is 1. The third kappa shape index (κ3) is 1.73. The lowest BCUT2D eigenvalue weighted by Gasteiger charge is -2.30. The first-order valence-electron chi connectivity index (χ1n) is 7.08. The number of amides is 1. The number of nitrogens with zero attached hydrogens (tertiary/aromatic N) is 2. The molecule has 0 radical (unpaired) electrons. The Kier molecular flexibility index (Phi) is 2.82. The molecular weight excluding hydrogens is 226 g/mol. The van der Waals surface area contributed by atoms with Crippen LogP contribution in [0.3, 0.4) is 0 Å². The summed E-state index contributed by atoms with van der Waals surface area (Å²) in [7, 11) is 0. The summed E-state index contributed by atoms with van der Waals surface area (Å²) < 4.78 is 0. The fourth-order valence-corrected chi connectivity index (χ4v) is 3.76. The van der Waals surface area contributed by atoms with Crippen LogP contribution in [0.25, 0.3) is 0 Å². The van der Waals surface area contributed by atoms with Crippen molar-refractivity contribution in [2.24, 2.45) is 17.8 Å². The fourth-order valence-electron chi connectivity index (χ4n) is 3.76. The summed E-state index contributed by atoms with van der Waals surface area (Å²) in [5, 5.41) is 12.5. The van der Waals surface area contributed by atoms with Gasteiger partial charge in [0.1, 0.15) is 6.04 Å². The quantitative estimate of drug-likeness (QED) is 0.796. The van der Waals surface area contributed by atoms with E-state index in [2.05, 4.69) is 25.2 Å². The van der Waals surface area contributed by atoms with Crippen molar-refractivity contribution in [3.8, 4) is 6.07 Å². The maximum Gasteiger partial charge on any atom is 0.241 e. The van der Waals surface area contributed by atoms with Crippen LogP contribution in [0.15, 0.2) is 0 Å². The SMILES string of the molecule is CC(C)[C@H]1CCN[C@@H]1C(=O)N1C2C[C@H]2C[C@H]1C#N. The number of nitrogens with one attached hydrogen (secondary N) is 1. The predicted octanol–water partition coefficient (Wildman–Crippen LogP) is 1.13. The number of rotatable bonds is 2. The minimum absolute atomic E-state index is 0.0554. The highest BCUT2D eigenvalue weighted by Crippen LogP contribution is 2.48. The first-order valence-corrected chi connectivity index (χ1v) is 7.08. The van der Waals surface area contributed by atoms with Gasteiger partial charge in [-0.3, -0.25) is 4.79 Å². The summed E-state index contributed by atoms with van der Waals surface area (Å²) in [6.45, 7) is 5.30. The van der Waals surface area contributed by atoms with Crippen LogP contribution >= 0.6 is 0 Å². The Morgan fingerprint density at radius 2 is 2.22 bits per heavy atom. The Morgan fingerprint density at radius 1 is 1.44 bits per heavy atom. The van der Waals surface area contributed by atoms with E-state index in [4.69, 9.17) is 0 Å². The van der Waals surface area contributed by atoms with Crippen molar-refractivity contribution < 1.29 is 4.79 Å². The fraction of sp³-hybridized carbons (Fsp3) is 0.857. The number of piperidine rings is 1. The van der Waals surface area contributed by atoms with E-state index in [0.29, 0.717) is 23.8 Å². The molecular formula is C14H21N3O. The van der Waals surface area contributed by atoms with Gasteiger partial charge in [-0.2, -0.15) is 5.26 Å². The van der Waals surface area contributed by atoms with Crippen molar-refractivity contribution in [3.63, 3.8) is 0 Å². The average molecular weight is 247 g/mol. The van der Waals surface area contributed by atoms with Crippen LogP contribution < -0.4 is 5.32 Å². The molecule has 98 valence electrons. The molecule has 1 aliphatic carbocycles. The molecule has 0 bridgehead atoms. The molecule has 5 atom stereocenters. The molecule has 0 aromatic rings. The molecule has 18 heavy (non-hydrogen) atoms. The van der Waals surface area contributed by atoms with Gasteiger partial charge in [0, 0.05) is 6.04 Å². The number of carbonyl (C=O) groups excluding carboxylic acids is 1. The van der Waals surface area contributed by atoms with Crippen molar-refractivity contribution in [1.29, 1.82) is 5.26 Å². The molecule has 0 aromatic heterocycles. The van der Waals surface area contributed by atoms with E-state index in [1.165, 1.54) is 0 Å². The molecule has 0 aromatic carbocycles. The molecule has 2 saturated heterocycles. The Labute approximate surface area is 108 Å². The standard InChI is InChI=1S/C14H21N3O/c1-8(2)11-3-4-16-13(11)14(18)17-10(7-15)5-9-6-12(9)17/h8-13,16H,3-6H2,1-2H3/t9-,10+,11-,12?,13+/m1/s1. The zero-order chi connectivity index (χ0) is 12.9. The lowest BCUT2D eigenvalue weighted by Crippen LogP contribution is -2.50. The maximum atomic E-state index is 12.7. The molecule has 4 nitrogen and oxygen atoms in total. The third-order valence-corrected chi connectivity index (χ3v) is 4.90. The Balaban J connectivity index is 1.76. The molecule has 4 heteroatoms. The normalized spacial score (nSPS) is 41.9. The van der Waals surface area contributed by atoms with Crippen molar-refractivity contribution in [2.45, 2.75) is 51.2 Å². The summed E-state index contributed by atoms with van der Waals surface area (Å²) in [6, 6.07) is 2.45. The summed E-state index contributed by atoms with van der Waals surface area (Å²) in [5.74, 6) is 1.74. The van der Waals surface area contributed by atoms with Gasteiger partial charge in [0.15, 0.2) is 0 Å². The van der Waals surface area contributed by atoms with E-state index < -0.39 is 0 Å². The van der Waals surface area contributed by atoms with Gasteiger partial charge in [-0.1, -0.05) is 13.8 Å². The van der Waals surface area contributed by atoms with Crippen LogP contribution in [0.5, 0.6) is 0 Å². The summed E-state index contributed by atoms with van der Waals surface area (Å²) in [4.78, 5) is 14.6. The Morgan fingerprint density at radius 3 is 2.89 bits per heavy atom. The third-order valence-electron chi connectivity index (χ3n) is 4.90. The van der Waals surface area contributed by atoms with Gasteiger partial charge in [-0.25, -0.2) is 0 Å². The van der Waals surface area contributed by atoms with E-state index in [1.54, 1.807) is 0 Å². The molecule has 3 fully saturated rings. The van der Waals surface area contributed by atoms with Crippen LogP contribution in [0.4, 0.5) is 0 Å². The van der Waals surface area contributed by atoms with Gasteiger partial charge in [-0.15, -0.1) is 0 Å². The predicted molar refractivity (Wildman–Crippen MR) is 67.5 cm³/mol. The topological polar surface area (TPSA) is 56.1 Å². The highest BCUT2D eigenvalue weighted by Gasteiger charge is 2.55. The molecule has 1 unspecified atom stereocenters. The molecule has 0 spiro atoms. The molecule has 3 aliphatic rings. The average Bonchev–Trinajstić information content (AvgIpc) is 2.82. The Bertz CT molecular complexity index is 400. The van der Waals surface area contributed by atoms with Crippen molar-refractivity contribution in [1.82, 2.24) is 10.2 Å². The minimum atomic E-state index is -0.170. The highest BCUT2D eigenvalue weighted by atomic mass is 16.2. The summed E-state index contributed by atoms with van der Waals surface area (Å²) >= 11 is 0. The minimum Gasteiger partial charge on any atom is -0.322 e. The van der Waals surface area contributed by atoms with E-state index in [9.17, 15) is 10.1 Å². The second-order valence-corrected chi connectivity index (χ2v) is 6.32. The monoisotopic (exact) mass is 247 g/mol. The number of fused-ring (bicyclic) bond motifs is 1. The van der Waals surface area contributed by atoms with Gasteiger partial charge in [-0.05, 0) is 43.6 Å². The second kappa shape index (κ2) is 4.24. The lowest BCUT2D eigenvalue weighted by molar-refractivity contribution is -0.135. The van der Waals surface area contributed by atoms with Crippen LogP contribution in [0.1, 0.15) is 33.1 Å². The van der Waals surface area contributed by atoms with E-state index in [-0.39, 0.29) is 18.0 Å². The van der Waals surface area contributed by atoms with E-state index >= 15 is 0 Å². The van der Waals surface area contributed by atoms with Crippen LogP contribution in [0, 0.1) is 29.1 Å². The number of hydrogen-bond donors (Lipinski definition) is 1. The molecule has 1 N–H and O–H groups in total. The molecule has 3 rings (SSSR count). The molecule has 1 amide bonds. The van der Waals surface area contributed by atoms with Crippen molar-refractivity contribution in [2.75, 3.05) is 6.54 Å². The first kappa shape index (κ1) is 12.0. The number of likely N-dealkylation sites (tertiary alicyclic amines) is 1. The molecule has 2 aliphatic heterocycles. The van der Waals surface area contributed by atoms with Crippen LogP contribution in [0.2, 0.25) is 0 Å². The van der Waals surface area contributed by atoms with Gasteiger partial charge >= 0.3 is 0 Å². The Hall–Kier alpha value is -1.08. The van der Waals surface area contributed by atoms with E-state index in [0.717, 1.165) is 25.8 Å². The first-order chi connectivity index (χ1) is 8.63. The summed E-state index contributed by atoms with van der Waals surface area (Å²) in [6.07, 6.45) is 3.09. The largest absolute Gasteiger partial charge is 0.322 e. The van der Waals surface area contributed by atoms with Gasteiger partial charge in [0.2, 0.25) is 5.91 Å². The van der Waals surface area contributed by atoms with Gasteiger partial charge in [0.25, 0.3) is 0 Å². The number of hydrogen-bond acceptors (Lipinski definition) is 3. The molecule has 2 heterocycles. The van der Waals surface area contributed by atoms with Gasteiger partial charge in [0.05, 0.1) is 12.1 Å². The maximum absolute atomic E-state index is 12.7. The lowest BCUT2D eigenvalue weighted by atomic mass is 9.88. The number of nitriles is 1. The van der Waals surface area contributed by atoms with E-state index in [1.807, 2.05) is 4.90 Å². The zero-order valence-corrected chi connectivity index (χ0v) is 11.1. The molecule has 1 saturated carbocycles. The smallest absolute Gasteiger partial charge is 0.241 e.